The Hall–Kier alpha value is -0.990. The molecule has 0 bridgehead atoms. The van der Waals surface area contributed by atoms with E-state index in [0.717, 1.165) is 19.3 Å². The summed E-state index contributed by atoms with van der Waals surface area (Å²) in [6.07, 6.45) is 18.4. The van der Waals surface area contributed by atoms with Gasteiger partial charge in [0.1, 0.15) is 11.8 Å². The van der Waals surface area contributed by atoms with E-state index in [9.17, 15) is 18.0 Å². The van der Waals surface area contributed by atoms with Crippen LogP contribution in [0, 0.1) is 0 Å². The molecule has 0 radical (unpaired) electrons. The van der Waals surface area contributed by atoms with E-state index in [4.69, 9.17) is 10.3 Å². The van der Waals surface area contributed by atoms with E-state index in [1.807, 2.05) is 0 Å². The number of unbranched alkanes of at least 4 members (excludes halogenated alkanes) is 14. The molecule has 0 aliphatic rings. The SMILES string of the molecule is CCCCCCCCCCCCCCCCCC(=O)OC(=O)[C@H](N)CS(=O)(=O)O. The molecule has 0 fully saturated rings. The lowest BCUT2D eigenvalue weighted by atomic mass is 10.0. The summed E-state index contributed by atoms with van der Waals surface area (Å²) in [6, 6.07) is -1.56. The topological polar surface area (TPSA) is 124 Å². The summed E-state index contributed by atoms with van der Waals surface area (Å²) in [5, 5.41) is 0. The van der Waals surface area contributed by atoms with Crippen molar-refractivity contribution in [1.82, 2.24) is 0 Å². The number of carbonyl (C=O) groups excluding carboxylic acids is 2. The summed E-state index contributed by atoms with van der Waals surface area (Å²) in [5.74, 6) is -2.80. The molecule has 3 N–H and O–H groups in total. The molecule has 0 saturated heterocycles. The molecule has 0 unspecified atom stereocenters. The first-order chi connectivity index (χ1) is 13.8. The number of hydrogen-bond acceptors (Lipinski definition) is 6. The maximum atomic E-state index is 11.5. The van der Waals surface area contributed by atoms with E-state index in [-0.39, 0.29) is 6.42 Å². The summed E-state index contributed by atoms with van der Waals surface area (Å²) >= 11 is 0. The van der Waals surface area contributed by atoms with Crippen LogP contribution in [0.5, 0.6) is 0 Å². The fourth-order valence-corrected chi connectivity index (χ4v) is 3.76. The van der Waals surface area contributed by atoms with Gasteiger partial charge in [-0.15, -0.1) is 0 Å². The van der Waals surface area contributed by atoms with Crippen molar-refractivity contribution in [2.24, 2.45) is 5.73 Å². The van der Waals surface area contributed by atoms with E-state index in [1.165, 1.54) is 70.6 Å². The van der Waals surface area contributed by atoms with Crippen molar-refractivity contribution in [3.63, 3.8) is 0 Å². The first-order valence-corrected chi connectivity index (χ1v) is 12.8. The summed E-state index contributed by atoms with van der Waals surface area (Å²) in [6.45, 7) is 2.24. The van der Waals surface area contributed by atoms with Crippen LogP contribution < -0.4 is 5.73 Å². The smallest absolute Gasteiger partial charge is 0.331 e. The van der Waals surface area contributed by atoms with Gasteiger partial charge in [-0.2, -0.15) is 8.42 Å². The van der Waals surface area contributed by atoms with E-state index in [0.29, 0.717) is 6.42 Å². The van der Waals surface area contributed by atoms with Gasteiger partial charge in [-0.25, -0.2) is 4.79 Å². The van der Waals surface area contributed by atoms with Crippen LogP contribution in [0.2, 0.25) is 0 Å². The average Bonchev–Trinajstić information content (AvgIpc) is 2.63. The molecule has 172 valence electrons. The van der Waals surface area contributed by atoms with Gasteiger partial charge in [0.2, 0.25) is 0 Å². The van der Waals surface area contributed by atoms with Gasteiger partial charge in [0, 0.05) is 6.42 Å². The van der Waals surface area contributed by atoms with Gasteiger partial charge in [0.05, 0.1) is 0 Å². The minimum atomic E-state index is -4.38. The molecule has 0 aromatic carbocycles. The highest BCUT2D eigenvalue weighted by molar-refractivity contribution is 7.85. The third-order valence-corrected chi connectivity index (χ3v) is 5.67. The van der Waals surface area contributed by atoms with Crippen LogP contribution in [0.25, 0.3) is 0 Å². The highest BCUT2D eigenvalue weighted by atomic mass is 32.2. The Morgan fingerprint density at radius 3 is 1.55 bits per heavy atom. The summed E-state index contributed by atoms with van der Waals surface area (Å²) in [7, 11) is -4.38. The molecule has 0 saturated carbocycles. The lowest BCUT2D eigenvalue weighted by Gasteiger charge is -2.08. The molecular weight excluding hydrogens is 394 g/mol. The lowest BCUT2D eigenvalue weighted by Crippen LogP contribution is -2.39. The molecule has 0 rings (SSSR count). The molecule has 0 amide bonds. The molecule has 0 aromatic heterocycles. The molecule has 0 aliphatic heterocycles. The van der Waals surface area contributed by atoms with Crippen LogP contribution in [0.3, 0.4) is 0 Å². The standard InChI is InChI=1S/C21H41NO6S/c1-2-3-4-5-6-7-8-9-10-11-12-13-14-15-16-17-20(23)28-21(24)19(22)18-29(25,26)27/h19H,2-18,22H2,1H3,(H,25,26,27)/t19-/m1/s1. The van der Waals surface area contributed by atoms with Crippen LogP contribution in [0.4, 0.5) is 0 Å². The Kier molecular flexibility index (Phi) is 17.2. The van der Waals surface area contributed by atoms with Crippen molar-refractivity contribution in [3.8, 4) is 0 Å². The zero-order valence-corrected chi connectivity index (χ0v) is 18.9. The van der Waals surface area contributed by atoms with Crippen molar-refractivity contribution in [2.45, 2.75) is 116 Å². The van der Waals surface area contributed by atoms with Gasteiger partial charge < -0.3 is 10.5 Å². The van der Waals surface area contributed by atoms with Crippen LogP contribution in [0.15, 0.2) is 0 Å². The first kappa shape index (κ1) is 28.0. The Labute approximate surface area is 176 Å². The summed E-state index contributed by atoms with van der Waals surface area (Å²) in [4.78, 5) is 23.0. The summed E-state index contributed by atoms with van der Waals surface area (Å²) in [5.41, 5.74) is 5.27. The van der Waals surface area contributed by atoms with Gasteiger partial charge in [0.25, 0.3) is 10.1 Å². The molecule has 0 heterocycles. The number of rotatable bonds is 19. The first-order valence-electron chi connectivity index (χ1n) is 11.2. The Morgan fingerprint density at radius 1 is 0.793 bits per heavy atom. The third-order valence-electron chi connectivity index (χ3n) is 4.89. The Bertz CT molecular complexity index is 535. The molecule has 1 atom stereocenters. The Balaban J connectivity index is 3.44. The normalized spacial score (nSPS) is 12.7. The molecule has 0 spiro atoms. The van der Waals surface area contributed by atoms with Crippen molar-refractivity contribution in [3.05, 3.63) is 0 Å². The van der Waals surface area contributed by atoms with E-state index < -0.39 is 33.9 Å². The minimum absolute atomic E-state index is 0.0998. The second kappa shape index (κ2) is 17.8. The van der Waals surface area contributed by atoms with Gasteiger partial charge in [-0.05, 0) is 6.42 Å². The number of ether oxygens (including phenoxy) is 1. The molecule has 0 aliphatic carbocycles. The molecule has 0 aromatic rings. The van der Waals surface area contributed by atoms with Gasteiger partial charge in [0.15, 0.2) is 0 Å². The van der Waals surface area contributed by atoms with Crippen molar-refractivity contribution in [1.29, 1.82) is 0 Å². The van der Waals surface area contributed by atoms with Gasteiger partial charge in [-0.3, -0.25) is 9.35 Å². The predicted molar refractivity (Wildman–Crippen MR) is 115 cm³/mol. The number of esters is 2. The van der Waals surface area contributed by atoms with E-state index in [1.54, 1.807) is 0 Å². The maximum absolute atomic E-state index is 11.5. The summed E-state index contributed by atoms with van der Waals surface area (Å²) < 4.78 is 34.4. The highest BCUT2D eigenvalue weighted by Gasteiger charge is 2.23. The van der Waals surface area contributed by atoms with Gasteiger partial charge >= 0.3 is 11.9 Å². The predicted octanol–water partition coefficient (Wildman–Crippen LogP) is 4.53. The number of carbonyl (C=O) groups is 2. The molecular formula is C21H41NO6S. The fourth-order valence-electron chi connectivity index (χ4n) is 3.17. The zero-order valence-electron chi connectivity index (χ0n) is 18.1. The van der Waals surface area contributed by atoms with Crippen LogP contribution >= 0.6 is 0 Å². The van der Waals surface area contributed by atoms with Crippen molar-refractivity contribution >= 4 is 22.1 Å². The van der Waals surface area contributed by atoms with Crippen molar-refractivity contribution < 1.29 is 27.3 Å². The second-order valence-electron chi connectivity index (χ2n) is 7.85. The minimum Gasteiger partial charge on any atom is -0.392 e. The number of hydrogen-bond donors (Lipinski definition) is 2. The zero-order chi connectivity index (χ0) is 22.0. The maximum Gasteiger partial charge on any atom is 0.331 e. The largest absolute Gasteiger partial charge is 0.392 e. The van der Waals surface area contributed by atoms with E-state index >= 15 is 0 Å². The van der Waals surface area contributed by atoms with Gasteiger partial charge in [-0.1, -0.05) is 96.8 Å². The average molecular weight is 436 g/mol. The molecule has 7 nitrogen and oxygen atoms in total. The fraction of sp³-hybridized carbons (Fsp3) is 0.905. The Morgan fingerprint density at radius 2 is 1.17 bits per heavy atom. The quantitative estimate of drug-likeness (QED) is 0.132. The highest BCUT2D eigenvalue weighted by Crippen LogP contribution is 2.13. The van der Waals surface area contributed by atoms with Crippen molar-refractivity contribution in [2.75, 3.05) is 5.75 Å². The monoisotopic (exact) mass is 435 g/mol. The van der Waals surface area contributed by atoms with E-state index in [2.05, 4.69) is 11.7 Å². The van der Waals surface area contributed by atoms with Crippen LogP contribution in [-0.4, -0.2) is 36.7 Å². The number of nitrogens with two attached hydrogens (primary N) is 1. The van der Waals surface area contributed by atoms with Crippen LogP contribution in [0.1, 0.15) is 110 Å². The second-order valence-corrected chi connectivity index (χ2v) is 9.35. The third kappa shape index (κ3) is 20.1. The van der Waals surface area contributed by atoms with Crippen LogP contribution in [-0.2, 0) is 24.4 Å². The lowest BCUT2D eigenvalue weighted by molar-refractivity contribution is -0.160. The molecule has 29 heavy (non-hydrogen) atoms. The molecule has 8 heteroatoms.